The number of benzene rings is 2. The molecule has 3 heterocycles. The molecule has 0 radical (unpaired) electrons. The highest BCUT2D eigenvalue weighted by molar-refractivity contribution is 5.76. The molecule has 12 heteroatoms. The highest BCUT2D eigenvalue weighted by Crippen LogP contribution is 2.28. The molecule has 0 unspecified atom stereocenters. The zero-order chi connectivity index (χ0) is 30.7. The fourth-order valence-corrected chi connectivity index (χ4v) is 4.97. The number of aryl methyl sites for hydroxylation is 1. The fourth-order valence-electron chi connectivity index (χ4n) is 4.97. The first-order chi connectivity index (χ1) is 21.5. The largest absolute Gasteiger partial charge is 0.475 e. The number of methoxy groups -OCH3 is 1. The van der Waals surface area contributed by atoms with E-state index >= 15 is 0 Å². The van der Waals surface area contributed by atoms with Crippen molar-refractivity contribution < 1.29 is 27.8 Å². The molecule has 1 aliphatic heterocycles. The van der Waals surface area contributed by atoms with Crippen LogP contribution in [0.5, 0.6) is 5.88 Å². The summed E-state index contributed by atoms with van der Waals surface area (Å²) in [6.45, 7) is 4.34. The van der Waals surface area contributed by atoms with E-state index in [1.165, 1.54) is 30.6 Å². The topological polar surface area (TPSA) is 106 Å². The summed E-state index contributed by atoms with van der Waals surface area (Å²) in [6.07, 6.45) is 3.05. The van der Waals surface area contributed by atoms with E-state index in [0.717, 1.165) is 22.6 Å². The molecule has 0 aliphatic carbocycles. The molecular weight excluding hydrogens is 570 g/mol. The van der Waals surface area contributed by atoms with Crippen LogP contribution in [0.1, 0.15) is 18.5 Å². The lowest BCUT2D eigenvalue weighted by Gasteiger charge is -2.35. The summed E-state index contributed by atoms with van der Waals surface area (Å²) in [6, 6.07) is 14.0. The van der Waals surface area contributed by atoms with Crippen LogP contribution in [-0.2, 0) is 20.7 Å². The van der Waals surface area contributed by atoms with Crippen LogP contribution < -0.4 is 9.64 Å². The van der Waals surface area contributed by atoms with E-state index in [1.807, 2.05) is 4.90 Å². The van der Waals surface area contributed by atoms with Crippen molar-refractivity contribution in [1.82, 2.24) is 24.8 Å². The highest BCUT2D eigenvalue weighted by Gasteiger charge is 2.23. The second kappa shape index (κ2) is 15.3. The number of ether oxygens (including phenoxy) is 3. The number of halogens is 2. The highest BCUT2D eigenvalue weighted by atomic mass is 19.1. The first kappa shape index (κ1) is 31.0. The van der Waals surface area contributed by atoms with Gasteiger partial charge in [-0.25, -0.2) is 23.7 Å². The Morgan fingerprint density at radius 3 is 2.27 bits per heavy atom. The van der Waals surface area contributed by atoms with E-state index in [-0.39, 0.29) is 17.5 Å². The summed E-state index contributed by atoms with van der Waals surface area (Å²) >= 11 is 0. The average Bonchev–Trinajstić information content (AvgIpc) is 3.47. The first-order valence-electron chi connectivity index (χ1n) is 14.6. The molecule has 5 rings (SSSR count). The first-order valence-corrected chi connectivity index (χ1v) is 14.6. The molecule has 0 saturated carbocycles. The van der Waals surface area contributed by atoms with E-state index < -0.39 is 0 Å². The van der Waals surface area contributed by atoms with Crippen molar-refractivity contribution >= 4 is 11.7 Å². The van der Waals surface area contributed by atoms with Gasteiger partial charge in [0.05, 0.1) is 25.5 Å². The number of carbonyl (C=O) groups excluding carboxylic acids is 1. The Balaban J connectivity index is 1.13. The predicted octanol–water partition coefficient (Wildman–Crippen LogP) is 4.53. The monoisotopic (exact) mass is 606 g/mol. The molecule has 1 fully saturated rings. The summed E-state index contributed by atoms with van der Waals surface area (Å²) in [7, 11) is 1.63. The standard InChI is InChI=1S/C32H36F2N6O4/c1-42-17-18-43-19-20-44-29-21-28(35-22-36-29)39-13-15-40(16-14-39)30(41)4-2-3-27-31(23-5-9-25(33)10-6-23)38-32(37-27)24-7-11-26(34)12-8-24/h5-12,21-22H,2-4,13-20H2,1H3,(H,37,38). The number of rotatable bonds is 14. The van der Waals surface area contributed by atoms with E-state index in [4.69, 9.17) is 19.2 Å². The average molecular weight is 607 g/mol. The Morgan fingerprint density at radius 2 is 1.57 bits per heavy atom. The Kier molecular flexibility index (Phi) is 10.8. The number of hydrogen-bond donors (Lipinski definition) is 1. The maximum Gasteiger partial charge on any atom is 0.222 e. The number of H-pyrrole nitrogens is 1. The molecule has 1 amide bonds. The predicted molar refractivity (Wildman–Crippen MR) is 161 cm³/mol. The molecule has 44 heavy (non-hydrogen) atoms. The molecule has 1 saturated heterocycles. The minimum atomic E-state index is -0.330. The van der Waals surface area contributed by atoms with Crippen molar-refractivity contribution in [2.75, 3.05) is 64.6 Å². The number of nitrogens with one attached hydrogen (secondary N) is 1. The van der Waals surface area contributed by atoms with Gasteiger partial charge in [-0.15, -0.1) is 0 Å². The smallest absolute Gasteiger partial charge is 0.222 e. The van der Waals surface area contributed by atoms with Gasteiger partial charge in [0.15, 0.2) is 0 Å². The summed E-state index contributed by atoms with van der Waals surface area (Å²) in [5.41, 5.74) is 3.04. The maximum absolute atomic E-state index is 13.6. The van der Waals surface area contributed by atoms with Gasteiger partial charge in [0, 0.05) is 62.6 Å². The van der Waals surface area contributed by atoms with Gasteiger partial charge in [-0.05, 0) is 61.4 Å². The number of nitrogens with zero attached hydrogens (tertiary/aromatic N) is 5. The molecule has 1 N–H and O–H groups in total. The van der Waals surface area contributed by atoms with Gasteiger partial charge < -0.3 is 29.0 Å². The zero-order valence-corrected chi connectivity index (χ0v) is 24.7. The van der Waals surface area contributed by atoms with E-state index in [1.54, 1.807) is 37.4 Å². The summed E-state index contributed by atoms with van der Waals surface area (Å²) in [5, 5.41) is 0. The summed E-state index contributed by atoms with van der Waals surface area (Å²) in [5.74, 6) is 1.26. The number of aromatic nitrogens is 4. The number of anilines is 1. The maximum atomic E-state index is 13.6. The Hall–Kier alpha value is -4.42. The molecule has 10 nitrogen and oxygen atoms in total. The summed E-state index contributed by atoms with van der Waals surface area (Å²) in [4.78, 5) is 33.7. The van der Waals surface area contributed by atoms with Crippen LogP contribution in [0.3, 0.4) is 0 Å². The van der Waals surface area contributed by atoms with Crippen LogP contribution in [0.2, 0.25) is 0 Å². The van der Waals surface area contributed by atoms with Gasteiger partial charge in [0.2, 0.25) is 11.8 Å². The van der Waals surface area contributed by atoms with Gasteiger partial charge in [0.25, 0.3) is 0 Å². The van der Waals surface area contributed by atoms with Crippen molar-refractivity contribution in [3.8, 4) is 28.5 Å². The molecule has 4 aromatic rings. The van der Waals surface area contributed by atoms with Gasteiger partial charge in [-0.1, -0.05) is 0 Å². The molecule has 2 aromatic carbocycles. The number of hydrogen-bond acceptors (Lipinski definition) is 8. The molecule has 232 valence electrons. The normalized spacial score (nSPS) is 13.3. The van der Waals surface area contributed by atoms with Crippen molar-refractivity contribution in [3.05, 3.63) is 78.3 Å². The van der Waals surface area contributed by atoms with E-state index in [2.05, 4.69) is 19.9 Å². The van der Waals surface area contributed by atoms with Crippen LogP contribution in [0.25, 0.3) is 22.6 Å². The quantitative estimate of drug-likeness (QED) is 0.209. The van der Waals surface area contributed by atoms with Crippen molar-refractivity contribution in [3.63, 3.8) is 0 Å². The molecule has 0 spiro atoms. The Bertz CT molecular complexity index is 1490. The van der Waals surface area contributed by atoms with Crippen LogP contribution >= 0.6 is 0 Å². The van der Waals surface area contributed by atoms with Gasteiger partial charge in [-0.3, -0.25) is 4.79 Å². The second-order valence-electron chi connectivity index (χ2n) is 10.3. The number of piperazine rings is 1. The SMILES string of the molecule is COCCOCCOc1cc(N2CCN(C(=O)CCCc3[nH]c(-c4ccc(F)cc4)nc3-c3ccc(F)cc3)CC2)ncn1. The van der Waals surface area contributed by atoms with Crippen LogP contribution in [0.4, 0.5) is 14.6 Å². The van der Waals surface area contributed by atoms with Gasteiger partial charge >= 0.3 is 0 Å². The van der Waals surface area contributed by atoms with Crippen LogP contribution in [0.15, 0.2) is 60.9 Å². The third kappa shape index (κ3) is 8.35. The number of aromatic amines is 1. The summed E-state index contributed by atoms with van der Waals surface area (Å²) < 4.78 is 43.1. The lowest BCUT2D eigenvalue weighted by Crippen LogP contribution is -2.49. The molecule has 0 atom stereocenters. The molecule has 0 bridgehead atoms. The van der Waals surface area contributed by atoms with Crippen molar-refractivity contribution in [1.29, 1.82) is 0 Å². The van der Waals surface area contributed by atoms with Gasteiger partial charge in [-0.2, -0.15) is 0 Å². The zero-order valence-electron chi connectivity index (χ0n) is 24.7. The molecular formula is C32H36F2N6O4. The van der Waals surface area contributed by atoms with E-state index in [0.29, 0.717) is 89.3 Å². The third-order valence-corrected chi connectivity index (χ3v) is 7.32. The minimum absolute atomic E-state index is 0.0893. The second-order valence-corrected chi connectivity index (χ2v) is 10.3. The lowest BCUT2D eigenvalue weighted by molar-refractivity contribution is -0.131. The van der Waals surface area contributed by atoms with Crippen molar-refractivity contribution in [2.24, 2.45) is 0 Å². The van der Waals surface area contributed by atoms with Gasteiger partial charge in [0.1, 0.15) is 36.2 Å². The van der Waals surface area contributed by atoms with Crippen LogP contribution in [0, 0.1) is 11.6 Å². The number of amides is 1. The van der Waals surface area contributed by atoms with E-state index in [9.17, 15) is 13.6 Å². The van der Waals surface area contributed by atoms with Crippen LogP contribution in [-0.4, -0.2) is 90.5 Å². The molecule has 1 aliphatic rings. The fraction of sp³-hybridized carbons (Fsp3) is 0.375. The van der Waals surface area contributed by atoms with Crippen molar-refractivity contribution in [2.45, 2.75) is 19.3 Å². The minimum Gasteiger partial charge on any atom is -0.475 e. The Morgan fingerprint density at radius 1 is 0.886 bits per heavy atom. The lowest BCUT2D eigenvalue weighted by atomic mass is 10.1. The third-order valence-electron chi connectivity index (χ3n) is 7.32. The number of carbonyl (C=O) groups is 1. The Labute approximate surface area is 255 Å². The molecule has 2 aromatic heterocycles. The number of imidazole rings is 1.